The van der Waals surface area contributed by atoms with E-state index in [2.05, 4.69) is 6.92 Å². The molecule has 0 saturated heterocycles. The standard InChI is InChI=1S/C16H21FO2/c1-10-2-4-15(18)11(6-10)8-14-9-12-7-13(17)3-5-16(12)19-14/h3,5,7,10-11,14-15,18H,2,4,6,8-9H2,1H3. The fraction of sp³-hybridized carbons (Fsp3) is 0.625. The molecule has 0 bridgehead atoms. The van der Waals surface area contributed by atoms with Crippen molar-refractivity contribution in [1.29, 1.82) is 0 Å². The van der Waals surface area contributed by atoms with Gasteiger partial charge in [-0.25, -0.2) is 4.39 Å². The summed E-state index contributed by atoms with van der Waals surface area (Å²) in [5, 5.41) is 10.1. The molecule has 4 unspecified atom stereocenters. The van der Waals surface area contributed by atoms with Crippen molar-refractivity contribution < 1.29 is 14.2 Å². The van der Waals surface area contributed by atoms with E-state index < -0.39 is 0 Å². The van der Waals surface area contributed by atoms with Gasteiger partial charge in [0.2, 0.25) is 0 Å². The van der Waals surface area contributed by atoms with E-state index in [9.17, 15) is 9.50 Å². The molecule has 3 heteroatoms. The van der Waals surface area contributed by atoms with Crippen LogP contribution in [0.2, 0.25) is 0 Å². The first-order valence-corrected chi connectivity index (χ1v) is 7.25. The highest BCUT2D eigenvalue weighted by Gasteiger charge is 2.32. The summed E-state index contributed by atoms with van der Waals surface area (Å²) in [7, 11) is 0. The van der Waals surface area contributed by atoms with Gasteiger partial charge in [-0.3, -0.25) is 0 Å². The maximum atomic E-state index is 13.2. The van der Waals surface area contributed by atoms with Crippen LogP contribution in [0, 0.1) is 17.7 Å². The fourth-order valence-electron chi connectivity index (χ4n) is 3.49. The molecule has 104 valence electrons. The summed E-state index contributed by atoms with van der Waals surface area (Å²) < 4.78 is 19.0. The van der Waals surface area contributed by atoms with Gasteiger partial charge in [-0.05, 0) is 55.7 Å². The molecule has 1 aromatic rings. The highest BCUT2D eigenvalue weighted by atomic mass is 19.1. The summed E-state index contributed by atoms with van der Waals surface area (Å²) >= 11 is 0. The van der Waals surface area contributed by atoms with Crippen molar-refractivity contribution in [1.82, 2.24) is 0 Å². The van der Waals surface area contributed by atoms with E-state index in [4.69, 9.17) is 4.74 Å². The molecule has 0 radical (unpaired) electrons. The Bertz CT molecular complexity index is 460. The van der Waals surface area contributed by atoms with Gasteiger partial charge in [0, 0.05) is 12.0 Å². The molecule has 1 aliphatic carbocycles. The zero-order valence-corrected chi connectivity index (χ0v) is 11.3. The summed E-state index contributed by atoms with van der Waals surface area (Å²) in [4.78, 5) is 0. The topological polar surface area (TPSA) is 29.5 Å². The molecule has 1 saturated carbocycles. The summed E-state index contributed by atoms with van der Waals surface area (Å²) in [5.41, 5.74) is 0.961. The largest absolute Gasteiger partial charge is 0.490 e. The number of halogens is 1. The molecule has 1 heterocycles. The number of ether oxygens (including phenoxy) is 1. The third-order valence-electron chi connectivity index (χ3n) is 4.53. The number of fused-ring (bicyclic) bond motifs is 1. The zero-order chi connectivity index (χ0) is 13.4. The van der Waals surface area contributed by atoms with Gasteiger partial charge in [0.15, 0.2) is 0 Å². The molecule has 0 spiro atoms. The molecule has 1 N–H and O–H groups in total. The lowest BCUT2D eigenvalue weighted by Gasteiger charge is -2.32. The van der Waals surface area contributed by atoms with Gasteiger partial charge in [-0.15, -0.1) is 0 Å². The minimum Gasteiger partial charge on any atom is -0.490 e. The number of aliphatic hydroxyl groups excluding tert-OH is 1. The monoisotopic (exact) mass is 264 g/mol. The lowest BCUT2D eigenvalue weighted by molar-refractivity contribution is 0.0286. The molecular formula is C16H21FO2. The maximum absolute atomic E-state index is 13.2. The summed E-state index contributed by atoms with van der Waals surface area (Å²) in [5.74, 6) is 1.63. The van der Waals surface area contributed by atoms with E-state index >= 15 is 0 Å². The predicted molar refractivity (Wildman–Crippen MR) is 71.6 cm³/mol. The van der Waals surface area contributed by atoms with Crippen LogP contribution in [0.3, 0.4) is 0 Å². The van der Waals surface area contributed by atoms with E-state index in [1.54, 1.807) is 12.1 Å². The van der Waals surface area contributed by atoms with Crippen molar-refractivity contribution in [2.24, 2.45) is 11.8 Å². The second-order valence-electron chi connectivity index (χ2n) is 6.18. The molecule has 4 atom stereocenters. The molecule has 0 aromatic heterocycles. The molecule has 2 aliphatic rings. The second-order valence-corrected chi connectivity index (χ2v) is 6.18. The molecule has 1 aliphatic heterocycles. The van der Waals surface area contributed by atoms with Crippen LogP contribution in [-0.2, 0) is 6.42 Å². The zero-order valence-electron chi connectivity index (χ0n) is 11.3. The predicted octanol–water partition coefficient (Wildman–Crippen LogP) is 3.32. The van der Waals surface area contributed by atoms with Gasteiger partial charge in [0.1, 0.15) is 17.7 Å². The lowest BCUT2D eigenvalue weighted by atomic mass is 9.77. The normalized spacial score (nSPS) is 33.8. The number of rotatable bonds is 2. The van der Waals surface area contributed by atoms with Crippen molar-refractivity contribution in [3.8, 4) is 5.75 Å². The highest BCUT2D eigenvalue weighted by molar-refractivity contribution is 5.37. The van der Waals surface area contributed by atoms with Crippen LogP contribution >= 0.6 is 0 Å². The van der Waals surface area contributed by atoms with Crippen molar-refractivity contribution in [2.75, 3.05) is 0 Å². The Balaban J connectivity index is 1.63. The van der Waals surface area contributed by atoms with Gasteiger partial charge in [0.25, 0.3) is 0 Å². The van der Waals surface area contributed by atoms with Crippen molar-refractivity contribution >= 4 is 0 Å². The number of hydrogen-bond acceptors (Lipinski definition) is 2. The number of benzene rings is 1. The Labute approximate surface area is 113 Å². The van der Waals surface area contributed by atoms with Crippen LogP contribution in [0.1, 0.15) is 38.2 Å². The molecule has 3 rings (SSSR count). The van der Waals surface area contributed by atoms with Crippen LogP contribution in [0.5, 0.6) is 5.75 Å². The molecule has 1 aromatic carbocycles. The average molecular weight is 264 g/mol. The first kappa shape index (κ1) is 12.9. The first-order chi connectivity index (χ1) is 9.11. The minimum absolute atomic E-state index is 0.0988. The molecular weight excluding hydrogens is 243 g/mol. The molecule has 0 amide bonds. The molecule has 2 nitrogen and oxygen atoms in total. The molecule has 19 heavy (non-hydrogen) atoms. The van der Waals surface area contributed by atoms with Crippen LogP contribution in [0.15, 0.2) is 18.2 Å². The van der Waals surface area contributed by atoms with E-state index in [1.165, 1.54) is 6.07 Å². The lowest BCUT2D eigenvalue weighted by Crippen LogP contribution is -2.32. The van der Waals surface area contributed by atoms with Gasteiger partial charge < -0.3 is 9.84 Å². The first-order valence-electron chi connectivity index (χ1n) is 7.25. The van der Waals surface area contributed by atoms with Crippen LogP contribution < -0.4 is 4.74 Å². The van der Waals surface area contributed by atoms with Crippen molar-refractivity contribution in [3.05, 3.63) is 29.6 Å². The van der Waals surface area contributed by atoms with Crippen LogP contribution in [-0.4, -0.2) is 17.3 Å². The maximum Gasteiger partial charge on any atom is 0.123 e. The summed E-state index contributed by atoms with van der Waals surface area (Å²) in [6.45, 7) is 2.25. The third-order valence-corrected chi connectivity index (χ3v) is 4.53. The SMILES string of the molecule is CC1CCC(O)C(CC2Cc3cc(F)ccc3O2)C1. The van der Waals surface area contributed by atoms with Gasteiger partial charge in [-0.1, -0.05) is 6.92 Å². The van der Waals surface area contributed by atoms with Gasteiger partial charge in [-0.2, -0.15) is 0 Å². The third kappa shape index (κ3) is 2.76. The Morgan fingerprint density at radius 2 is 2.21 bits per heavy atom. The molecule has 1 fully saturated rings. The fourth-order valence-corrected chi connectivity index (χ4v) is 3.49. The number of aliphatic hydroxyl groups is 1. The van der Waals surface area contributed by atoms with Crippen molar-refractivity contribution in [3.63, 3.8) is 0 Å². The minimum atomic E-state index is -0.200. The Kier molecular flexibility index (Phi) is 3.48. The van der Waals surface area contributed by atoms with E-state index in [0.717, 1.165) is 43.4 Å². The highest BCUT2D eigenvalue weighted by Crippen LogP contribution is 2.36. The quantitative estimate of drug-likeness (QED) is 0.888. The van der Waals surface area contributed by atoms with Gasteiger partial charge >= 0.3 is 0 Å². The Morgan fingerprint density at radius 1 is 1.37 bits per heavy atom. The van der Waals surface area contributed by atoms with Gasteiger partial charge in [0.05, 0.1) is 6.10 Å². The van der Waals surface area contributed by atoms with Crippen molar-refractivity contribution in [2.45, 2.75) is 51.2 Å². The van der Waals surface area contributed by atoms with Crippen LogP contribution in [0.4, 0.5) is 4.39 Å². The van der Waals surface area contributed by atoms with E-state index in [0.29, 0.717) is 11.8 Å². The van der Waals surface area contributed by atoms with Crippen LogP contribution in [0.25, 0.3) is 0 Å². The Morgan fingerprint density at radius 3 is 3.05 bits per heavy atom. The smallest absolute Gasteiger partial charge is 0.123 e. The van der Waals surface area contributed by atoms with E-state index in [1.807, 2.05) is 0 Å². The average Bonchev–Trinajstić information content (AvgIpc) is 2.75. The summed E-state index contributed by atoms with van der Waals surface area (Å²) in [6.07, 6.45) is 4.65. The second kappa shape index (κ2) is 5.12. The summed E-state index contributed by atoms with van der Waals surface area (Å²) in [6, 6.07) is 4.72. The Hall–Kier alpha value is -1.09. The van der Waals surface area contributed by atoms with E-state index in [-0.39, 0.29) is 18.0 Å². The number of hydrogen-bond donors (Lipinski definition) is 1.